The van der Waals surface area contributed by atoms with Crippen molar-refractivity contribution in [3.8, 4) is 0 Å². The maximum atomic E-state index is 13.1. The van der Waals surface area contributed by atoms with E-state index in [2.05, 4.69) is 20.3 Å². The number of fused-ring (bicyclic) bond motifs is 1. The minimum absolute atomic E-state index is 0.109. The fraction of sp³-hybridized carbons (Fsp3) is 0.379. The zero-order valence-electron chi connectivity index (χ0n) is 21.0. The van der Waals surface area contributed by atoms with Gasteiger partial charge in [-0.05, 0) is 49.1 Å². The van der Waals surface area contributed by atoms with E-state index in [-0.39, 0.29) is 18.0 Å². The van der Waals surface area contributed by atoms with Crippen LogP contribution in [0.3, 0.4) is 0 Å². The van der Waals surface area contributed by atoms with Crippen LogP contribution in [0.1, 0.15) is 49.1 Å². The molecule has 1 amide bonds. The number of rotatable bonds is 11. The Hall–Kier alpha value is -3.78. The van der Waals surface area contributed by atoms with Crippen molar-refractivity contribution in [3.63, 3.8) is 0 Å². The average Bonchev–Trinajstić information content (AvgIpc) is 3.64. The monoisotopic (exact) mass is 499 g/mol. The minimum Gasteiger partial charge on any atom is -0.468 e. The number of furan rings is 1. The van der Waals surface area contributed by atoms with Crippen LogP contribution in [0.15, 0.2) is 76.4 Å². The third-order valence-electron chi connectivity index (χ3n) is 7.06. The Kier molecular flexibility index (Phi) is 8.05. The second-order valence-corrected chi connectivity index (χ2v) is 9.68. The zero-order chi connectivity index (χ0) is 25.5. The summed E-state index contributed by atoms with van der Waals surface area (Å²) in [5, 5.41) is 8.93. The van der Waals surface area contributed by atoms with E-state index in [9.17, 15) is 9.59 Å². The van der Waals surface area contributed by atoms with Crippen molar-refractivity contribution in [3.05, 3.63) is 94.6 Å². The van der Waals surface area contributed by atoms with Gasteiger partial charge in [0.15, 0.2) is 0 Å². The average molecular weight is 500 g/mol. The van der Waals surface area contributed by atoms with Crippen LogP contribution in [0.25, 0.3) is 10.8 Å². The molecule has 3 aromatic heterocycles. The lowest BCUT2D eigenvalue weighted by atomic mass is 10.1. The maximum absolute atomic E-state index is 13.1. The van der Waals surface area contributed by atoms with Crippen molar-refractivity contribution in [2.24, 2.45) is 0 Å². The molecule has 0 spiro atoms. The van der Waals surface area contributed by atoms with E-state index in [1.165, 1.54) is 30.4 Å². The lowest BCUT2D eigenvalue weighted by molar-refractivity contribution is -0.121. The zero-order valence-corrected chi connectivity index (χ0v) is 21.0. The molecule has 4 aromatic rings. The van der Waals surface area contributed by atoms with E-state index < -0.39 is 0 Å². The third kappa shape index (κ3) is 6.32. The number of nitrogens with zero attached hydrogens (tertiary/aromatic N) is 4. The van der Waals surface area contributed by atoms with Gasteiger partial charge in [0.2, 0.25) is 5.91 Å². The van der Waals surface area contributed by atoms with Crippen LogP contribution in [-0.2, 0) is 24.3 Å². The Bertz CT molecular complexity index is 1360. The summed E-state index contributed by atoms with van der Waals surface area (Å²) in [6.45, 7) is 2.12. The Morgan fingerprint density at radius 3 is 2.68 bits per heavy atom. The predicted octanol–water partition coefficient (Wildman–Crippen LogP) is 3.93. The summed E-state index contributed by atoms with van der Waals surface area (Å²) in [5.74, 6) is 0.760. The molecule has 37 heavy (non-hydrogen) atoms. The van der Waals surface area contributed by atoms with Gasteiger partial charge in [0, 0.05) is 43.3 Å². The van der Waals surface area contributed by atoms with Crippen LogP contribution in [-0.4, -0.2) is 44.7 Å². The van der Waals surface area contributed by atoms with Crippen molar-refractivity contribution in [2.75, 3.05) is 13.1 Å². The lowest BCUT2D eigenvalue weighted by Crippen LogP contribution is -2.37. The number of carbonyl (C=O) groups is 1. The first-order valence-electron chi connectivity index (χ1n) is 13.1. The molecule has 8 heteroatoms. The highest BCUT2D eigenvalue weighted by Gasteiger charge is 2.23. The van der Waals surface area contributed by atoms with Gasteiger partial charge in [-0.25, -0.2) is 4.68 Å². The second kappa shape index (κ2) is 12.0. The maximum Gasteiger partial charge on any atom is 0.275 e. The number of benzene rings is 1. The minimum atomic E-state index is -0.258. The van der Waals surface area contributed by atoms with Crippen molar-refractivity contribution >= 4 is 16.7 Å². The summed E-state index contributed by atoms with van der Waals surface area (Å²) in [4.78, 5) is 32.5. The molecule has 0 unspecified atom stereocenters. The molecular formula is C29H33N5O3. The van der Waals surface area contributed by atoms with Crippen LogP contribution in [0, 0.1) is 0 Å². The van der Waals surface area contributed by atoms with Gasteiger partial charge in [0.1, 0.15) is 12.3 Å². The van der Waals surface area contributed by atoms with Gasteiger partial charge >= 0.3 is 0 Å². The number of amides is 1. The molecule has 1 aliphatic rings. The fourth-order valence-electron chi connectivity index (χ4n) is 5.20. The Labute approximate surface area is 216 Å². The SMILES string of the molecule is O=C(Cn1nc(Cc2cccnc2)c2ccccc2c1=O)NCCCN(Cc1ccco1)C1CCCC1. The molecule has 1 fully saturated rings. The van der Waals surface area contributed by atoms with Gasteiger partial charge in [0.25, 0.3) is 5.56 Å². The van der Waals surface area contributed by atoms with E-state index in [1.54, 1.807) is 24.7 Å². The van der Waals surface area contributed by atoms with E-state index in [4.69, 9.17) is 4.42 Å². The number of aromatic nitrogens is 3. The highest BCUT2D eigenvalue weighted by atomic mass is 16.3. The van der Waals surface area contributed by atoms with Crippen molar-refractivity contribution < 1.29 is 9.21 Å². The van der Waals surface area contributed by atoms with Crippen LogP contribution in [0.2, 0.25) is 0 Å². The van der Waals surface area contributed by atoms with Crippen molar-refractivity contribution in [2.45, 2.75) is 57.7 Å². The number of hydrogen-bond acceptors (Lipinski definition) is 6. The molecule has 0 aliphatic heterocycles. The van der Waals surface area contributed by atoms with Gasteiger partial charge in [-0.1, -0.05) is 37.1 Å². The molecule has 8 nitrogen and oxygen atoms in total. The summed E-state index contributed by atoms with van der Waals surface area (Å²) < 4.78 is 6.85. The van der Waals surface area contributed by atoms with Gasteiger partial charge < -0.3 is 9.73 Å². The van der Waals surface area contributed by atoms with Crippen LogP contribution in [0.5, 0.6) is 0 Å². The molecule has 1 aromatic carbocycles. The molecule has 0 atom stereocenters. The lowest BCUT2D eigenvalue weighted by Gasteiger charge is -2.28. The topological polar surface area (TPSA) is 93.3 Å². The summed E-state index contributed by atoms with van der Waals surface area (Å²) >= 11 is 0. The molecule has 0 radical (unpaired) electrons. The Morgan fingerprint density at radius 1 is 1.08 bits per heavy atom. The Balaban J connectivity index is 1.21. The van der Waals surface area contributed by atoms with Gasteiger partial charge in [-0.15, -0.1) is 0 Å². The van der Waals surface area contributed by atoms with E-state index in [1.807, 2.05) is 42.5 Å². The van der Waals surface area contributed by atoms with Crippen LogP contribution in [0.4, 0.5) is 0 Å². The molecule has 0 saturated heterocycles. The highest BCUT2D eigenvalue weighted by Crippen LogP contribution is 2.25. The summed E-state index contributed by atoms with van der Waals surface area (Å²) in [6.07, 6.45) is 11.6. The molecule has 3 heterocycles. The molecule has 5 rings (SSSR count). The molecular weight excluding hydrogens is 466 g/mol. The van der Waals surface area contributed by atoms with Gasteiger partial charge in [0.05, 0.1) is 23.9 Å². The fourth-order valence-corrected chi connectivity index (χ4v) is 5.20. The van der Waals surface area contributed by atoms with E-state index >= 15 is 0 Å². The van der Waals surface area contributed by atoms with Crippen LogP contribution >= 0.6 is 0 Å². The number of nitrogens with one attached hydrogen (secondary N) is 1. The molecule has 1 N–H and O–H groups in total. The first-order chi connectivity index (χ1) is 18.2. The highest BCUT2D eigenvalue weighted by molar-refractivity contribution is 5.84. The molecule has 0 bridgehead atoms. The summed E-state index contributed by atoms with van der Waals surface area (Å²) in [6, 6.07) is 15.8. The smallest absolute Gasteiger partial charge is 0.275 e. The van der Waals surface area contributed by atoms with Crippen LogP contribution < -0.4 is 10.9 Å². The first-order valence-corrected chi connectivity index (χ1v) is 13.1. The standard InChI is InChI=1S/C29H33N5O3/c35-28(31-15-7-16-33(23-9-1-2-10-23)20-24-11-6-17-37-24)21-34-29(36)26-13-4-3-12-25(26)27(32-34)18-22-8-5-14-30-19-22/h3-6,8,11-14,17,19,23H,1-2,7,9-10,15-16,18,20-21H2,(H,31,35). The largest absolute Gasteiger partial charge is 0.468 e. The molecule has 1 aliphatic carbocycles. The summed E-state index contributed by atoms with van der Waals surface area (Å²) in [7, 11) is 0. The normalized spacial score (nSPS) is 14.0. The second-order valence-electron chi connectivity index (χ2n) is 9.68. The van der Waals surface area contributed by atoms with E-state index in [0.29, 0.717) is 24.4 Å². The Morgan fingerprint density at radius 2 is 1.92 bits per heavy atom. The number of hydrogen-bond donors (Lipinski definition) is 1. The summed E-state index contributed by atoms with van der Waals surface area (Å²) in [5.41, 5.74) is 1.49. The number of carbonyl (C=O) groups excluding carboxylic acids is 1. The first kappa shape index (κ1) is 24.9. The molecule has 1 saturated carbocycles. The quantitative estimate of drug-likeness (QED) is 0.315. The van der Waals surface area contributed by atoms with Gasteiger partial charge in [-0.2, -0.15) is 5.10 Å². The van der Waals surface area contributed by atoms with Crippen molar-refractivity contribution in [1.82, 2.24) is 25.0 Å². The van der Waals surface area contributed by atoms with Crippen molar-refractivity contribution in [1.29, 1.82) is 0 Å². The predicted molar refractivity (Wildman–Crippen MR) is 142 cm³/mol. The third-order valence-corrected chi connectivity index (χ3v) is 7.06. The van der Waals surface area contributed by atoms with Gasteiger partial charge in [-0.3, -0.25) is 19.5 Å². The number of pyridine rings is 1. The molecule has 192 valence electrons. The van der Waals surface area contributed by atoms with E-state index in [0.717, 1.165) is 41.9 Å².